The van der Waals surface area contributed by atoms with Crippen molar-refractivity contribution in [1.82, 2.24) is 15.6 Å². The SMILES string of the molecule is CC(C)c1nc(CNC(=O)CCNC(=O)c2cc(F)ccc2Br)cs1. The van der Waals surface area contributed by atoms with Crippen LogP contribution in [0.3, 0.4) is 0 Å². The molecule has 0 radical (unpaired) electrons. The summed E-state index contributed by atoms with van der Waals surface area (Å²) in [5.41, 5.74) is 1.03. The second-order valence-corrected chi connectivity index (χ2v) is 7.48. The van der Waals surface area contributed by atoms with Crippen LogP contribution in [0.2, 0.25) is 0 Å². The Kier molecular flexibility index (Phi) is 7.07. The van der Waals surface area contributed by atoms with E-state index >= 15 is 0 Å². The van der Waals surface area contributed by atoms with E-state index in [9.17, 15) is 14.0 Å². The monoisotopic (exact) mass is 427 g/mol. The Bertz CT molecular complexity index is 764. The first-order valence-electron chi connectivity index (χ1n) is 7.81. The van der Waals surface area contributed by atoms with Crippen LogP contribution in [0.5, 0.6) is 0 Å². The lowest BCUT2D eigenvalue weighted by atomic mass is 10.2. The molecule has 2 rings (SSSR count). The number of benzene rings is 1. The molecule has 8 heteroatoms. The highest BCUT2D eigenvalue weighted by Gasteiger charge is 2.12. The van der Waals surface area contributed by atoms with Crippen LogP contribution < -0.4 is 10.6 Å². The van der Waals surface area contributed by atoms with Crippen molar-refractivity contribution in [1.29, 1.82) is 0 Å². The lowest BCUT2D eigenvalue weighted by Crippen LogP contribution is -2.30. The lowest BCUT2D eigenvalue weighted by Gasteiger charge is -2.07. The van der Waals surface area contributed by atoms with E-state index in [1.54, 1.807) is 11.3 Å². The summed E-state index contributed by atoms with van der Waals surface area (Å²) < 4.78 is 13.7. The van der Waals surface area contributed by atoms with E-state index in [1.165, 1.54) is 12.1 Å². The second kappa shape index (κ2) is 9.05. The first kappa shape index (κ1) is 19.5. The maximum atomic E-state index is 13.2. The third kappa shape index (κ3) is 5.89. The molecule has 0 aliphatic heterocycles. The summed E-state index contributed by atoms with van der Waals surface area (Å²) in [6.07, 6.45) is 0.139. The summed E-state index contributed by atoms with van der Waals surface area (Å²) in [6.45, 7) is 4.68. The fourth-order valence-corrected chi connectivity index (χ4v) is 3.26. The number of carbonyl (C=O) groups is 2. The average Bonchev–Trinajstić information content (AvgIpc) is 3.04. The van der Waals surface area contributed by atoms with Crippen molar-refractivity contribution in [2.45, 2.75) is 32.7 Å². The Labute approximate surface area is 158 Å². The van der Waals surface area contributed by atoms with Crippen LogP contribution in [-0.4, -0.2) is 23.3 Å². The van der Waals surface area contributed by atoms with E-state index in [0.29, 0.717) is 16.9 Å². The number of aromatic nitrogens is 1. The van der Waals surface area contributed by atoms with Crippen molar-refractivity contribution in [3.05, 3.63) is 50.1 Å². The van der Waals surface area contributed by atoms with Crippen LogP contribution in [-0.2, 0) is 11.3 Å². The highest BCUT2D eigenvalue weighted by molar-refractivity contribution is 9.10. The molecule has 0 fully saturated rings. The van der Waals surface area contributed by atoms with Crippen LogP contribution in [0.4, 0.5) is 4.39 Å². The molecule has 0 saturated carbocycles. The Morgan fingerprint density at radius 3 is 2.76 bits per heavy atom. The van der Waals surface area contributed by atoms with Crippen LogP contribution >= 0.6 is 27.3 Å². The molecule has 2 N–H and O–H groups in total. The van der Waals surface area contributed by atoms with Gasteiger partial charge in [-0.15, -0.1) is 11.3 Å². The molecule has 0 atom stereocenters. The van der Waals surface area contributed by atoms with Crippen molar-refractivity contribution in [3.8, 4) is 0 Å². The van der Waals surface area contributed by atoms with E-state index in [-0.39, 0.29) is 24.4 Å². The fourth-order valence-electron chi connectivity index (χ4n) is 2.00. The molecule has 0 unspecified atom stereocenters. The van der Waals surface area contributed by atoms with E-state index in [1.807, 2.05) is 5.38 Å². The predicted octanol–water partition coefficient (Wildman–Crippen LogP) is 3.60. The van der Waals surface area contributed by atoms with Gasteiger partial charge in [-0.2, -0.15) is 0 Å². The molecule has 134 valence electrons. The highest BCUT2D eigenvalue weighted by Crippen LogP contribution is 2.19. The number of nitrogens with zero attached hydrogens (tertiary/aromatic N) is 1. The summed E-state index contributed by atoms with van der Waals surface area (Å²) in [5.74, 6) is -0.736. The molecule has 1 aromatic carbocycles. The van der Waals surface area contributed by atoms with Crippen LogP contribution in [0, 0.1) is 5.82 Å². The van der Waals surface area contributed by atoms with Gasteiger partial charge in [0.2, 0.25) is 5.91 Å². The van der Waals surface area contributed by atoms with E-state index in [0.717, 1.165) is 16.8 Å². The summed E-state index contributed by atoms with van der Waals surface area (Å²) >= 11 is 4.78. The van der Waals surface area contributed by atoms with Gasteiger partial charge in [0.1, 0.15) is 5.82 Å². The third-order valence-corrected chi connectivity index (χ3v) is 5.23. The molecule has 0 aliphatic rings. The molecule has 0 saturated heterocycles. The smallest absolute Gasteiger partial charge is 0.252 e. The van der Waals surface area contributed by atoms with Gasteiger partial charge in [-0.3, -0.25) is 9.59 Å². The maximum absolute atomic E-state index is 13.2. The summed E-state index contributed by atoms with van der Waals surface area (Å²) in [5, 5.41) is 8.34. The quantitative estimate of drug-likeness (QED) is 0.708. The van der Waals surface area contributed by atoms with Crippen molar-refractivity contribution >= 4 is 39.1 Å². The van der Waals surface area contributed by atoms with E-state index < -0.39 is 11.7 Å². The number of amides is 2. The van der Waals surface area contributed by atoms with E-state index in [4.69, 9.17) is 0 Å². The normalized spacial score (nSPS) is 10.8. The molecule has 1 heterocycles. The molecule has 2 aromatic rings. The standard InChI is InChI=1S/C17H19BrFN3O2S/c1-10(2)17-22-12(9-25-17)8-21-15(23)5-6-20-16(24)13-7-11(19)3-4-14(13)18/h3-4,7,9-10H,5-6,8H2,1-2H3,(H,20,24)(H,21,23). The van der Waals surface area contributed by atoms with Gasteiger partial charge in [0, 0.05) is 28.7 Å². The Hall–Kier alpha value is -1.80. The molecular formula is C17H19BrFN3O2S. The number of halogens is 2. The number of nitrogens with one attached hydrogen (secondary N) is 2. The van der Waals surface area contributed by atoms with Crippen LogP contribution in [0.25, 0.3) is 0 Å². The minimum absolute atomic E-state index is 0.139. The summed E-state index contributed by atoms with van der Waals surface area (Å²) in [4.78, 5) is 28.3. The van der Waals surface area contributed by atoms with Crippen molar-refractivity contribution < 1.29 is 14.0 Å². The largest absolute Gasteiger partial charge is 0.351 e. The number of rotatable bonds is 7. The van der Waals surface area contributed by atoms with Gasteiger partial charge in [0.25, 0.3) is 5.91 Å². The van der Waals surface area contributed by atoms with E-state index in [2.05, 4.69) is 45.4 Å². The van der Waals surface area contributed by atoms with Gasteiger partial charge in [0.15, 0.2) is 0 Å². The van der Waals surface area contributed by atoms with Gasteiger partial charge < -0.3 is 10.6 Å². The minimum Gasteiger partial charge on any atom is -0.351 e. The van der Waals surface area contributed by atoms with Crippen LogP contribution in [0.1, 0.15) is 47.2 Å². The third-order valence-electron chi connectivity index (χ3n) is 3.34. The van der Waals surface area contributed by atoms with Gasteiger partial charge in [0.05, 0.1) is 22.8 Å². The summed E-state index contributed by atoms with van der Waals surface area (Å²) in [7, 11) is 0. The molecule has 2 amide bonds. The van der Waals surface area contributed by atoms with Gasteiger partial charge in [-0.1, -0.05) is 13.8 Å². The zero-order valence-electron chi connectivity index (χ0n) is 13.9. The van der Waals surface area contributed by atoms with Crippen molar-refractivity contribution in [3.63, 3.8) is 0 Å². The van der Waals surface area contributed by atoms with Gasteiger partial charge in [-0.05, 0) is 34.1 Å². The molecule has 25 heavy (non-hydrogen) atoms. The van der Waals surface area contributed by atoms with Gasteiger partial charge in [-0.25, -0.2) is 9.37 Å². The number of thiazole rings is 1. The van der Waals surface area contributed by atoms with Crippen molar-refractivity contribution in [2.24, 2.45) is 0 Å². The van der Waals surface area contributed by atoms with Gasteiger partial charge >= 0.3 is 0 Å². The predicted molar refractivity (Wildman–Crippen MR) is 99.1 cm³/mol. The highest BCUT2D eigenvalue weighted by atomic mass is 79.9. The molecule has 0 spiro atoms. The number of carbonyl (C=O) groups excluding carboxylic acids is 2. The lowest BCUT2D eigenvalue weighted by molar-refractivity contribution is -0.121. The first-order valence-corrected chi connectivity index (χ1v) is 9.48. The maximum Gasteiger partial charge on any atom is 0.252 e. The summed E-state index contributed by atoms with van der Waals surface area (Å²) in [6, 6.07) is 3.88. The number of hydrogen-bond acceptors (Lipinski definition) is 4. The Morgan fingerprint density at radius 1 is 1.32 bits per heavy atom. The van der Waals surface area contributed by atoms with Crippen molar-refractivity contribution in [2.75, 3.05) is 6.54 Å². The topological polar surface area (TPSA) is 71.1 Å². The number of hydrogen-bond donors (Lipinski definition) is 2. The molecule has 5 nitrogen and oxygen atoms in total. The minimum atomic E-state index is -0.491. The molecular weight excluding hydrogens is 409 g/mol. The Balaban J connectivity index is 1.74. The van der Waals surface area contributed by atoms with Crippen LogP contribution in [0.15, 0.2) is 28.1 Å². The molecule has 0 aliphatic carbocycles. The molecule has 1 aromatic heterocycles. The molecule has 0 bridgehead atoms. The second-order valence-electron chi connectivity index (χ2n) is 5.74. The average molecular weight is 428 g/mol. The zero-order chi connectivity index (χ0) is 18.4. The fraction of sp³-hybridized carbons (Fsp3) is 0.353. The zero-order valence-corrected chi connectivity index (χ0v) is 16.3. The first-order chi connectivity index (χ1) is 11.9. The Morgan fingerprint density at radius 2 is 2.08 bits per heavy atom.